The Morgan fingerprint density at radius 2 is 1.75 bits per heavy atom. The van der Waals surface area contributed by atoms with E-state index in [1.54, 1.807) is 13.8 Å². The van der Waals surface area contributed by atoms with Gasteiger partial charge in [-0.25, -0.2) is 9.31 Å². The summed E-state index contributed by atoms with van der Waals surface area (Å²) in [5, 5.41) is 19.0. The number of H-pyrrole nitrogens is 1. The largest absolute Gasteiger partial charge is 0.439 e. The molecule has 11 nitrogen and oxygen atoms in total. The van der Waals surface area contributed by atoms with Gasteiger partial charge in [0, 0.05) is 75.0 Å². The third-order valence-corrected chi connectivity index (χ3v) is 9.43. The maximum Gasteiger partial charge on any atom is 0.439 e. The summed E-state index contributed by atoms with van der Waals surface area (Å²) in [6, 6.07) is 15.8. The maximum absolute atomic E-state index is 14.5. The molecule has 0 aliphatic heterocycles. The van der Waals surface area contributed by atoms with E-state index in [2.05, 4.69) is 17.1 Å². The summed E-state index contributed by atoms with van der Waals surface area (Å²) in [7, 11) is 0. The minimum Gasteiger partial charge on any atom is -0.388 e. The van der Waals surface area contributed by atoms with Gasteiger partial charge in [0.1, 0.15) is 5.82 Å². The number of nitrogens with one attached hydrogen (secondary N) is 1. The van der Waals surface area contributed by atoms with Crippen molar-refractivity contribution in [3.8, 4) is 22.5 Å². The molecule has 6 rings (SSSR count). The summed E-state index contributed by atoms with van der Waals surface area (Å²) >= 11 is 0. The molecule has 12 heteroatoms. The number of aliphatic hydroxyl groups is 1. The second kappa shape index (κ2) is 15.4. The van der Waals surface area contributed by atoms with Crippen LogP contribution in [0.5, 0.6) is 0 Å². The first-order chi connectivity index (χ1) is 22.5. The maximum atomic E-state index is 14.5. The van der Waals surface area contributed by atoms with Crippen molar-refractivity contribution in [3.63, 3.8) is 0 Å². The predicted molar refractivity (Wildman–Crippen MR) is 185 cm³/mol. The minimum atomic E-state index is -0.916. The van der Waals surface area contributed by atoms with E-state index in [9.17, 15) is 14.7 Å². The summed E-state index contributed by atoms with van der Waals surface area (Å²) in [5.41, 5.74) is 4.38. The van der Waals surface area contributed by atoms with Gasteiger partial charge in [-0.05, 0) is 82.9 Å². The minimum absolute atomic E-state index is 0. The third kappa shape index (κ3) is 7.85. The Labute approximate surface area is 322 Å². The van der Waals surface area contributed by atoms with Crippen LogP contribution in [0.1, 0.15) is 94.9 Å². The molecule has 1 aliphatic rings. The van der Waals surface area contributed by atoms with Crippen LogP contribution in [-0.2, 0) is 17.6 Å². The molecule has 0 amide bonds. The van der Waals surface area contributed by atoms with Gasteiger partial charge in [-0.2, -0.15) is 10.1 Å². The molecule has 1 radical (unpaired) electrons. The number of nitrogens with zero attached hydrogens (tertiary/aromatic N) is 5. The second-order valence-electron chi connectivity index (χ2n) is 13.3. The normalized spacial score (nSPS) is 17.4. The topological polar surface area (TPSA) is 141 Å². The van der Waals surface area contributed by atoms with Crippen LogP contribution in [0.3, 0.4) is 0 Å². The van der Waals surface area contributed by atoms with Gasteiger partial charge in [-0.15, -0.1) is 0 Å². The van der Waals surface area contributed by atoms with E-state index in [1.807, 2.05) is 71.5 Å². The van der Waals surface area contributed by atoms with E-state index in [-0.39, 0.29) is 75.2 Å². The average Bonchev–Trinajstić information content (AvgIpc) is 3.66. The average molecular weight is 680 g/mol. The van der Waals surface area contributed by atoms with E-state index >= 15 is 0 Å². The molecule has 2 aromatic carbocycles. The zero-order valence-corrected chi connectivity index (χ0v) is 31.9. The molecule has 1 fully saturated rings. The number of hydrogen-bond donors (Lipinski definition) is 2. The monoisotopic (exact) mass is 679 g/mol. The Hall–Kier alpha value is -2.71. The van der Waals surface area contributed by atoms with E-state index in [4.69, 9.17) is 19.3 Å². The molecule has 0 spiro atoms. The van der Waals surface area contributed by atoms with Gasteiger partial charge < -0.3 is 9.84 Å². The first-order valence-corrected chi connectivity index (χ1v) is 16.7. The Morgan fingerprint density at radius 1 is 1.06 bits per heavy atom. The van der Waals surface area contributed by atoms with Crippen LogP contribution in [-0.4, -0.2) is 104 Å². The molecule has 3 aromatic heterocycles. The van der Waals surface area contributed by atoms with Gasteiger partial charge in [-0.1, -0.05) is 67.0 Å². The number of aromatic nitrogens is 6. The Morgan fingerprint density at radius 3 is 2.38 bits per heavy atom. The van der Waals surface area contributed by atoms with Crippen molar-refractivity contribution in [2.45, 2.75) is 110 Å². The van der Waals surface area contributed by atoms with Crippen molar-refractivity contribution in [3.05, 3.63) is 92.1 Å². The number of aryl methyl sites for hydroxylation is 2. The second-order valence-corrected chi connectivity index (χ2v) is 13.3. The standard InChI is InChI=1S/C36H44N6O5.K/c1-6-7-12-31-30(21-24-13-15-25(16-14-24)28-10-8-9-11-29(28)32-38-35(44)47-40-32)33(43)41(34-37-23(3)39-42(31)34)26-17-19-27(20-18-26)46-22(2)36(4,5)45;/h8-11,13-16,22,26-27,45H,6-7,12,17-21H2,1-5H3,(H,38,40,44);. The van der Waals surface area contributed by atoms with E-state index < -0.39 is 11.4 Å². The molecule has 48 heavy (non-hydrogen) atoms. The number of hydrogen-bond acceptors (Lipinski definition) is 8. The fraction of sp³-hybridized carbons (Fsp3) is 0.472. The van der Waals surface area contributed by atoms with Crippen LogP contribution < -0.4 is 11.3 Å². The molecule has 1 saturated carbocycles. The molecule has 0 saturated heterocycles. The summed E-state index contributed by atoms with van der Waals surface area (Å²) in [6.07, 6.45) is 6.05. The van der Waals surface area contributed by atoms with Crippen LogP contribution in [0.25, 0.3) is 28.3 Å². The zero-order chi connectivity index (χ0) is 33.3. The van der Waals surface area contributed by atoms with Gasteiger partial charge in [0.2, 0.25) is 5.78 Å². The Bertz CT molecular complexity index is 1960. The van der Waals surface area contributed by atoms with E-state index in [1.165, 1.54) is 0 Å². The molecule has 1 unspecified atom stereocenters. The molecule has 3 heterocycles. The zero-order valence-electron chi connectivity index (χ0n) is 28.8. The number of unbranched alkanes of at least 4 members (excludes halogenated alkanes) is 1. The van der Waals surface area contributed by atoms with Crippen molar-refractivity contribution in [2.75, 3.05) is 0 Å². The number of fused-ring (bicyclic) bond motifs is 1. The number of rotatable bonds is 11. The summed E-state index contributed by atoms with van der Waals surface area (Å²) < 4.78 is 14.7. The smallest absolute Gasteiger partial charge is 0.388 e. The third-order valence-electron chi connectivity index (χ3n) is 9.43. The molecule has 249 valence electrons. The molecule has 1 aliphatic carbocycles. The Kier molecular flexibility index (Phi) is 11.8. The van der Waals surface area contributed by atoms with Gasteiger partial charge in [-0.3, -0.25) is 18.9 Å². The predicted octanol–water partition coefficient (Wildman–Crippen LogP) is 5.42. The fourth-order valence-corrected chi connectivity index (χ4v) is 6.52. The number of benzene rings is 2. The first-order valence-electron chi connectivity index (χ1n) is 16.7. The van der Waals surface area contributed by atoms with E-state index in [0.717, 1.165) is 78.5 Å². The summed E-state index contributed by atoms with van der Waals surface area (Å²) in [6.45, 7) is 9.46. The molecular weight excluding hydrogens is 636 g/mol. The summed E-state index contributed by atoms with van der Waals surface area (Å²) in [5.74, 6) is 1.02. The van der Waals surface area contributed by atoms with Crippen molar-refractivity contribution in [2.24, 2.45) is 0 Å². The van der Waals surface area contributed by atoms with Crippen LogP contribution in [0, 0.1) is 6.92 Å². The van der Waals surface area contributed by atoms with Crippen LogP contribution in [0.2, 0.25) is 0 Å². The van der Waals surface area contributed by atoms with Crippen molar-refractivity contribution in [1.29, 1.82) is 0 Å². The van der Waals surface area contributed by atoms with Crippen molar-refractivity contribution in [1.82, 2.24) is 29.3 Å². The summed E-state index contributed by atoms with van der Waals surface area (Å²) in [4.78, 5) is 33.5. The first kappa shape index (κ1) is 36.6. The van der Waals surface area contributed by atoms with Gasteiger partial charge in [0.25, 0.3) is 5.56 Å². The van der Waals surface area contributed by atoms with Gasteiger partial charge >= 0.3 is 5.76 Å². The SMILES string of the molecule is CCCCc1c(Cc2ccc(-c3ccccc3-c3noc(=O)[nH]3)cc2)c(=O)n(C2CCC(OC(C)C(C)(C)O)CC2)c2nc(C)nn12.[K]. The number of aromatic amines is 1. The quantitative estimate of drug-likeness (QED) is 0.176. The van der Waals surface area contributed by atoms with Crippen LogP contribution in [0.15, 0.2) is 62.6 Å². The molecule has 1 atom stereocenters. The van der Waals surface area contributed by atoms with E-state index in [0.29, 0.717) is 23.8 Å². The van der Waals surface area contributed by atoms with Gasteiger partial charge in [0.05, 0.1) is 23.5 Å². The molecule has 2 N–H and O–H groups in total. The van der Waals surface area contributed by atoms with Crippen molar-refractivity contribution < 1.29 is 14.4 Å². The Balaban J connectivity index is 0.00000451. The van der Waals surface area contributed by atoms with Crippen LogP contribution >= 0.6 is 0 Å². The van der Waals surface area contributed by atoms with Crippen molar-refractivity contribution >= 4 is 57.2 Å². The van der Waals surface area contributed by atoms with Crippen LogP contribution in [0.4, 0.5) is 0 Å². The molecular formula is C36H44KN6O5. The fourth-order valence-electron chi connectivity index (χ4n) is 6.52. The molecule has 5 aromatic rings. The number of ether oxygens (including phenoxy) is 1. The molecule has 0 bridgehead atoms. The van der Waals surface area contributed by atoms with Gasteiger partial charge in [0.15, 0.2) is 5.82 Å².